The van der Waals surface area contributed by atoms with Gasteiger partial charge in [-0.25, -0.2) is 23.7 Å². The minimum absolute atomic E-state index is 0.0331. The number of carbonyl (C=O) groups is 1. The first-order chi connectivity index (χ1) is 17.4. The van der Waals surface area contributed by atoms with Gasteiger partial charge in [-0.1, -0.05) is 0 Å². The van der Waals surface area contributed by atoms with Crippen molar-refractivity contribution in [3.63, 3.8) is 0 Å². The molecular formula is C24H23F5N6O2. The number of aryl methyl sites for hydroxylation is 2. The lowest BCUT2D eigenvalue weighted by Gasteiger charge is -2.47. The Labute approximate surface area is 208 Å². The highest BCUT2D eigenvalue weighted by atomic mass is 19.4. The second kappa shape index (κ2) is 9.12. The molecule has 13 heteroatoms. The van der Waals surface area contributed by atoms with E-state index in [4.69, 9.17) is 4.74 Å². The van der Waals surface area contributed by atoms with Gasteiger partial charge in [-0.15, -0.1) is 0 Å². The second-order valence-electron chi connectivity index (χ2n) is 9.42. The standard InChI is InChI=1S/C24H23F5N6O2/c1-11-7-35(10-18(37-11)14-8-34(9-14)22(36)24(27,28)29)23-32-19(16-5-4-15(25)6-17(16)26)20-21(33-23)31-13(3)12(2)30-20/h4-6,11,14,18H,7-10H2,1-3H3/t11-,18-/m1/s1. The molecule has 1 aromatic carbocycles. The number of likely N-dealkylation sites (tertiary alicyclic amines) is 1. The van der Waals surface area contributed by atoms with Gasteiger partial charge in [-0.3, -0.25) is 4.79 Å². The molecule has 37 heavy (non-hydrogen) atoms. The lowest BCUT2D eigenvalue weighted by molar-refractivity contribution is -0.195. The third-order valence-electron chi connectivity index (χ3n) is 6.65. The van der Waals surface area contributed by atoms with Crippen LogP contribution in [0.3, 0.4) is 0 Å². The number of anilines is 1. The van der Waals surface area contributed by atoms with Crippen LogP contribution in [0, 0.1) is 31.4 Å². The van der Waals surface area contributed by atoms with Crippen molar-refractivity contribution in [1.82, 2.24) is 24.8 Å². The number of hydrogen-bond acceptors (Lipinski definition) is 7. The normalized spacial score (nSPS) is 20.9. The summed E-state index contributed by atoms with van der Waals surface area (Å²) in [5.41, 5.74) is 1.90. The average molecular weight is 522 g/mol. The quantitative estimate of drug-likeness (QED) is 0.486. The molecular weight excluding hydrogens is 499 g/mol. The van der Waals surface area contributed by atoms with Crippen molar-refractivity contribution in [2.24, 2.45) is 5.92 Å². The van der Waals surface area contributed by atoms with E-state index in [2.05, 4.69) is 19.9 Å². The molecule has 5 rings (SSSR count). The summed E-state index contributed by atoms with van der Waals surface area (Å²) in [4.78, 5) is 32.2. The molecule has 0 unspecified atom stereocenters. The molecule has 3 aromatic rings. The van der Waals surface area contributed by atoms with Gasteiger partial charge in [0, 0.05) is 43.7 Å². The van der Waals surface area contributed by atoms with Crippen molar-refractivity contribution in [2.45, 2.75) is 39.2 Å². The van der Waals surface area contributed by atoms with E-state index in [0.29, 0.717) is 17.9 Å². The molecule has 8 nitrogen and oxygen atoms in total. The molecule has 2 aliphatic heterocycles. The highest BCUT2D eigenvalue weighted by molar-refractivity contribution is 5.88. The Hall–Kier alpha value is -3.48. The summed E-state index contributed by atoms with van der Waals surface area (Å²) >= 11 is 0. The van der Waals surface area contributed by atoms with Crippen molar-refractivity contribution in [2.75, 3.05) is 31.1 Å². The van der Waals surface area contributed by atoms with E-state index in [-0.39, 0.29) is 60.0 Å². The molecule has 2 aromatic heterocycles. The fourth-order valence-electron chi connectivity index (χ4n) is 4.61. The molecule has 0 radical (unpaired) electrons. The zero-order valence-electron chi connectivity index (χ0n) is 20.2. The maximum Gasteiger partial charge on any atom is 0.471 e. The van der Waals surface area contributed by atoms with E-state index in [0.717, 1.165) is 17.0 Å². The van der Waals surface area contributed by atoms with Crippen LogP contribution in [-0.4, -0.2) is 75.3 Å². The predicted molar refractivity (Wildman–Crippen MR) is 123 cm³/mol. The molecule has 2 fully saturated rings. The maximum absolute atomic E-state index is 14.8. The van der Waals surface area contributed by atoms with Crippen molar-refractivity contribution < 1.29 is 31.5 Å². The lowest BCUT2D eigenvalue weighted by atomic mass is 9.92. The Morgan fingerprint density at radius 3 is 2.38 bits per heavy atom. The third-order valence-corrected chi connectivity index (χ3v) is 6.65. The Bertz CT molecular complexity index is 1380. The van der Waals surface area contributed by atoms with Crippen LogP contribution in [0.1, 0.15) is 18.3 Å². The lowest BCUT2D eigenvalue weighted by Crippen LogP contribution is -2.62. The summed E-state index contributed by atoms with van der Waals surface area (Å²) in [5.74, 6) is -3.50. The number of rotatable bonds is 3. The van der Waals surface area contributed by atoms with Gasteiger partial charge in [-0.05, 0) is 32.9 Å². The van der Waals surface area contributed by atoms with Crippen molar-refractivity contribution in [1.29, 1.82) is 0 Å². The molecule has 2 saturated heterocycles. The number of fused-ring (bicyclic) bond motifs is 1. The Balaban J connectivity index is 1.48. The van der Waals surface area contributed by atoms with Crippen LogP contribution < -0.4 is 4.90 Å². The SMILES string of the molecule is Cc1nc2nc(N3C[C@@H](C)O[C@@H](C4CN(C(=O)C(F)(F)F)C4)C3)nc(-c3ccc(F)cc3F)c2nc1C. The summed E-state index contributed by atoms with van der Waals surface area (Å²) in [5, 5.41) is 0. The van der Waals surface area contributed by atoms with Crippen LogP contribution >= 0.6 is 0 Å². The number of carbonyl (C=O) groups excluding carboxylic acids is 1. The van der Waals surface area contributed by atoms with Gasteiger partial charge in [0.05, 0.1) is 23.6 Å². The summed E-state index contributed by atoms with van der Waals surface area (Å²) < 4.78 is 72.6. The van der Waals surface area contributed by atoms with Gasteiger partial charge in [0.15, 0.2) is 5.65 Å². The zero-order valence-corrected chi connectivity index (χ0v) is 20.2. The van der Waals surface area contributed by atoms with E-state index in [1.54, 1.807) is 18.7 Å². The van der Waals surface area contributed by atoms with Crippen LogP contribution in [0.2, 0.25) is 0 Å². The smallest absolute Gasteiger partial charge is 0.371 e. The van der Waals surface area contributed by atoms with Crippen LogP contribution in [0.15, 0.2) is 18.2 Å². The maximum atomic E-state index is 14.8. The molecule has 0 aliphatic carbocycles. The van der Waals surface area contributed by atoms with Gasteiger partial charge in [0.1, 0.15) is 22.8 Å². The third kappa shape index (κ3) is 4.79. The van der Waals surface area contributed by atoms with Crippen molar-refractivity contribution in [3.05, 3.63) is 41.2 Å². The first-order valence-electron chi connectivity index (χ1n) is 11.7. The Morgan fingerprint density at radius 1 is 1.00 bits per heavy atom. The number of morpholine rings is 1. The number of amides is 1. The van der Waals surface area contributed by atoms with E-state index >= 15 is 0 Å². The topological polar surface area (TPSA) is 84.3 Å². The van der Waals surface area contributed by atoms with Crippen molar-refractivity contribution >= 4 is 23.0 Å². The summed E-state index contributed by atoms with van der Waals surface area (Å²) in [6.07, 6.45) is -5.71. The van der Waals surface area contributed by atoms with Gasteiger partial charge in [0.25, 0.3) is 0 Å². The number of aromatic nitrogens is 4. The van der Waals surface area contributed by atoms with Gasteiger partial charge in [0.2, 0.25) is 5.95 Å². The minimum atomic E-state index is -4.92. The zero-order chi connectivity index (χ0) is 26.6. The molecule has 0 spiro atoms. The summed E-state index contributed by atoms with van der Waals surface area (Å²) in [6.45, 7) is 5.79. The molecule has 0 saturated carbocycles. The van der Waals surface area contributed by atoms with Gasteiger partial charge in [-0.2, -0.15) is 18.2 Å². The highest BCUT2D eigenvalue weighted by Gasteiger charge is 2.49. The van der Waals surface area contributed by atoms with Gasteiger partial charge >= 0.3 is 12.1 Å². The number of benzene rings is 1. The molecule has 196 valence electrons. The van der Waals surface area contributed by atoms with E-state index in [1.807, 2.05) is 6.92 Å². The van der Waals surface area contributed by atoms with Crippen LogP contribution in [-0.2, 0) is 9.53 Å². The van der Waals surface area contributed by atoms with Crippen LogP contribution in [0.5, 0.6) is 0 Å². The number of hydrogen-bond donors (Lipinski definition) is 0. The number of nitrogens with zero attached hydrogens (tertiary/aromatic N) is 6. The molecule has 1 amide bonds. The number of ether oxygens (including phenoxy) is 1. The molecule has 4 heterocycles. The van der Waals surface area contributed by atoms with E-state index in [9.17, 15) is 26.7 Å². The molecule has 2 aliphatic rings. The number of halogens is 5. The Kier molecular flexibility index (Phi) is 6.21. The predicted octanol–water partition coefficient (Wildman–Crippen LogP) is 3.60. The van der Waals surface area contributed by atoms with E-state index in [1.165, 1.54) is 6.07 Å². The second-order valence-corrected chi connectivity index (χ2v) is 9.42. The monoisotopic (exact) mass is 522 g/mol. The summed E-state index contributed by atoms with van der Waals surface area (Å²) in [7, 11) is 0. The highest BCUT2D eigenvalue weighted by Crippen LogP contribution is 2.33. The Morgan fingerprint density at radius 2 is 1.70 bits per heavy atom. The number of alkyl halides is 3. The first kappa shape index (κ1) is 25.2. The van der Waals surface area contributed by atoms with Crippen LogP contribution in [0.4, 0.5) is 27.9 Å². The fourth-order valence-corrected chi connectivity index (χ4v) is 4.61. The van der Waals surface area contributed by atoms with Crippen LogP contribution in [0.25, 0.3) is 22.4 Å². The van der Waals surface area contributed by atoms with Gasteiger partial charge < -0.3 is 14.5 Å². The molecule has 0 bridgehead atoms. The molecule has 2 atom stereocenters. The first-order valence-corrected chi connectivity index (χ1v) is 11.7. The van der Waals surface area contributed by atoms with E-state index < -0.39 is 29.8 Å². The summed E-state index contributed by atoms with van der Waals surface area (Å²) in [6, 6.07) is 3.16. The fraction of sp³-hybridized carbons (Fsp3) is 0.458. The largest absolute Gasteiger partial charge is 0.471 e. The average Bonchev–Trinajstić information content (AvgIpc) is 2.77. The van der Waals surface area contributed by atoms with Crippen molar-refractivity contribution in [3.8, 4) is 11.3 Å². The minimum Gasteiger partial charge on any atom is -0.371 e. The molecule has 0 N–H and O–H groups in total.